The quantitative estimate of drug-likeness (QED) is 0.691. The van der Waals surface area contributed by atoms with Crippen molar-refractivity contribution in [3.05, 3.63) is 0 Å². The Labute approximate surface area is 85.0 Å². The molecule has 2 fully saturated rings. The molecule has 1 saturated heterocycles. The first-order valence-electron chi connectivity index (χ1n) is 5.62. The van der Waals surface area contributed by atoms with Crippen molar-refractivity contribution in [2.24, 2.45) is 0 Å². The van der Waals surface area contributed by atoms with Gasteiger partial charge in [-0.3, -0.25) is 0 Å². The van der Waals surface area contributed by atoms with Crippen molar-refractivity contribution in [1.82, 2.24) is 15.5 Å². The molecule has 1 aliphatic heterocycles. The summed E-state index contributed by atoms with van der Waals surface area (Å²) in [5.41, 5.74) is 0. The number of nitrogens with zero attached hydrogens (tertiary/aromatic N) is 1. The molecular formula is C10H19N3O. The van der Waals surface area contributed by atoms with Crippen LogP contribution in [-0.4, -0.2) is 43.2 Å². The van der Waals surface area contributed by atoms with Gasteiger partial charge < -0.3 is 15.5 Å². The van der Waals surface area contributed by atoms with Crippen molar-refractivity contribution in [1.29, 1.82) is 0 Å². The lowest BCUT2D eigenvalue weighted by atomic mass is 10.2. The van der Waals surface area contributed by atoms with Gasteiger partial charge in [0.15, 0.2) is 0 Å². The van der Waals surface area contributed by atoms with Gasteiger partial charge in [-0.25, -0.2) is 4.79 Å². The van der Waals surface area contributed by atoms with Crippen LogP contribution in [-0.2, 0) is 0 Å². The predicted molar refractivity (Wildman–Crippen MR) is 55.2 cm³/mol. The highest BCUT2D eigenvalue weighted by Gasteiger charge is 2.19. The van der Waals surface area contributed by atoms with Crippen LogP contribution in [0.4, 0.5) is 4.79 Å². The van der Waals surface area contributed by atoms with E-state index in [-0.39, 0.29) is 6.03 Å². The molecule has 14 heavy (non-hydrogen) atoms. The summed E-state index contributed by atoms with van der Waals surface area (Å²) in [4.78, 5) is 13.1. The van der Waals surface area contributed by atoms with E-state index in [4.69, 9.17) is 0 Å². The number of hydrogen-bond acceptors (Lipinski definition) is 2. The zero-order valence-corrected chi connectivity index (χ0v) is 8.59. The van der Waals surface area contributed by atoms with Gasteiger partial charge in [0, 0.05) is 32.2 Å². The fourth-order valence-electron chi connectivity index (χ4n) is 2.26. The van der Waals surface area contributed by atoms with Gasteiger partial charge >= 0.3 is 6.03 Å². The molecule has 0 atom stereocenters. The molecule has 0 aromatic carbocycles. The van der Waals surface area contributed by atoms with E-state index in [0.717, 1.165) is 26.2 Å². The number of hydrogen-bond donors (Lipinski definition) is 2. The third-order valence-electron chi connectivity index (χ3n) is 3.12. The molecule has 2 N–H and O–H groups in total. The first kappa shape index (κ1) is 9.77. The maximum atomic E-state index is 11.2. The maximum Gasteiger partial charge on any atom is 0.317 e. The number of nitrogens with one attached hydrogen (secondary N) is 2. The smallest absolute Gasteiger partial charge is 0.317 e. The molecular weight excluding hydrogens is 178 g/mol. The van der Waals surface area contributed by atoms with Gasteiger partial charge in [-0.1, -0.05) is 12.8 Å². The van der Waals surface area contributed by atoms with E-state index in [9.17, 15) is 4.79 Å². The Kier molecular flexibility index (Phi) is 3.24. The van der Waals surface area contributed by atoms with Crippen molar-refractivity contribution in [3.63, 3.8) is 0 Å². The Morgan fingerprint density at radius 3 is 2.86 bits per heavy atom. The van der Waals surface area contributed by atoms with Crippen LogP contribution in [0.1, 0.15) is 25.7 Å². The minimum absolute atomic E-state index is 0.0956. The molecule has 2 aliphatic rings. The van der Waals surface area contributed by atoms with E-state index in [1.807, 2.05) is 4.90 Å². The third kappa shape index (κ3) is 2.38. The highest BCUT2D eigenvalue weighted by atomic mass is 16.2. The number of urea groups is 1. The topological polar surface area (TPSA) is 44.4 Å². The van der Waals surface area contributed by atoms with Crippen LogP contribution >= 0.6 is 0 Å². The van der Waals surface area contributed by atoms with Gasteiger partial charge in [0.05, 0.1) is 0 Å². The molecule has 80 valence electrons. The molecule has 0 spiro atoms. The van der Waals surface area contributed by atoms with Crippen LogP contribution in [0.3, 0.4) is 0 Å². The zero-order valence-electron chi connectivity index (χ0n) is 8.59. The van der Waals surface area contributed by atoms with Gasteiger partial charge in [-0.2, -0.15) is 0 Å². The number of amides is 2. The molecule has 4 nitrogen and oxygen atoms in total. The average molecular weight is 197 g/mol. The summed E-state index contributed by atoms with van der Waals surface area (Å²) >= 11 is 0. The Hall–Kier alpha value is -0.770. The van der Waals surface area contributed by atoms with Gasteiger partial charge in [-0.05, 0) is 12.8 Å². The minimum atomic E-state index is 0.0956. The summed E-state index contributed by atoms with van der Waals surface area (Å²) < 4.78 is 0. The minimum Gasteiger partial charge on any atom is -0.336 e. The standard InChI is InChI=1S/C10H19N3O/c14-10-12-6-8-13(10)7-5-11-9-3-1-2-4-9/h9,11H,1-8H2,(H,12,14). The molecule has 1 heterocycles. The van der Waals surface area contributed by atoms with E-state index in [1.165, 1.54) is 25.7 Å². The van der Waals surface area contributed by atoms with Crippen LogP contribution in [0.15, 0.2) is 0 Å². The summed E-state index contributed by atoms with van der Waals surface area (Å²) in [6.07, 6.45) is 5.35. The molecule has 2 amide bonds. The van der Waals surface area contributed by atoms with Crippen molar-refractivity contribution in [3.8, 4) is 0 Å². The summed E-state index contributed by atoms with van der Waals surface area (Å²) in [5, 5.41) is 6.31. The molecule has 1 saturated carbocycles. The van der Waals surface area contributed by atoms with Gasteiger partial charge in [0.2, 0.25) is 0 Å². The van der Waals surface area contributed by atoms with Crippen molar-refractivity contribution in [2.75, 3.05) is 26.2 Å². The number of carbonyl (C=O) groups is 1. The van der Waals surface area contributed by atoms with Crippen LogP contribution in [0.2, 0.25) is 0 Å². The lowest BCUT2D eigenvalue weighted by Crippen LogP contribution is -2.37. The Morgan fingerprint density at radius 2 is 2.21 bits per heavy atom. The van der Waals surface area contributed by atoms with Crippen molar-refractivity contribution >= 4 is 6.03 Å². The lowest BCUT2D eigenvalue weighted by Gasteiger charge is -2.17. The molecule has 0 radical (unpaired) electrons. The highest BCUT2D eigenvalue weighted by Crippen LogP contribution is 2.17. The summed E-state index contributed by atoms with van der Waals surface area (Å²) in [7, 11) is 0. The second-order valence-corrected chi connectivity index (χ2v) is 4.15. The fraction of sp³-hybridized carbons (Fsp3) is 0.900. The third-order valence-corrected chi connectivity index (χ3v) is 3.12. The maximum absolute atomic E-state index is 11.2. The number of carbonyl (C=O) groups excluding carboxylic acids is 1. The SMILES string of the molecule is O=C1NCCN1CCNC1CCCC1. The van der Waals surface area contributed by atoms with Crippen LogP contribution < -0.4 is 10.6 Å². The van der Waals surface area contributed by atoms with E-state index in [2.05, 4.69) is 10.6 Å². The molecule has 2 rings (SSSR count). The summed E-state index contributed by atoms with van der Waals surface area (Å²) in [6.45, 7) is 3.47. The first-order chi connectivity index (χ1) is 6.86. The second-order valence-electron chi connectivity index (χ2n) is 4.15. The predicted octanol–water partition coefficient (Wildman–Crippen LogP) is 0.544. The normalized spacial score (nSPS) is 23.1. The summed E-state index contributed by atoms with van der Waals surface area (Å²) in [6, 6.07) is 0.805. The lowest BCUT2D eigenvalue weighted by molar-refractivity contribution is 0.217. The Balaban J connectivity index is 1.60. The average Bonchev–Trinajstić information content (AvgIpc) is 2.78. The zero-order chi connectivity index (χ0) is 9.80. The molecule has 0 unspecified atom stereocenters. The summed E-state index contributed by atoms with van der Waals surface area (Å²) in [5.74, 6) is 0. The van der Waals surface area contributed by atoms with Crippen molar-refractivity contribution in [2.45, 2.75) is 31.7 Å². The molecule has 0 aromatic rings. The van der Waals surface area contributed by atoms with E-state index in [1.54, 1.807) is 0 Å². The monoisotopic (exact) mass is 197 g/mol. The van der Waals surface area contributed by atoms with Crippen LogP contribution in [0.5, 0.6) is 0 Å². The van der Waals surface area contributed by atoms with Gasteiger partial charge in [0.1, 0.15) is 0 Å². The largest absolute Gasteiger partial charge is 0.336 e. The molecule has 1 aliphatic carbocycles. The van der Waals surface area contributed by atoms with E-state index in [0.29, 0.717) is 6.04 Å². The molecule has 0 aromatic heterocycles. The number of rotatable bonds is 4. The van der Waals surface area contributed by atoms with Gasteiger partial charge in [-0.15, -0.1) is 0 Å². The first-order valence-corrected chi connectivity index (χ1v) is 5.62. The van der Waals surface area contributed by atoms with Crippen LogP contribution in [0.25, 0.3) is 0 Å². The Bertz CT molecular complexity index is 202. The van der Waals surface area contributed by atoms with E-state index >= 15 is 0 Å². The fourth-order valence-corrected chi connectivity index (χ4v) is 2.26. The molecule has 0 bridgehead atoms. The molecule has 4 heteroatoms. The van der Waals surface area contributed by atoms with Crippen molar-refractivity contribution < 1.29 is 4.79 Å². The highest BCUT2D eigenvalue weighted by molar-refractivity contribution is 5.76. The Morgan fingerprint density at radius 1 is 1.43 bits per heavy atom. The van der Waals surface area contributed by atoms with Crippen LogP contribution in [0, 0.1) is 0 Å². The van der Waals surface area contributed by atoms with Gasteiger partial charge in [0.25, 0.3) is 0 Å². The van der Waals surface area contributed by atoms with E-state index < -0.39 is 0 Å². The second kappa shape index (κ2) is 4.64.